The number of nitrogens with zero attached hydrogens (tertiary/aromatic N) is 2. The van der Waals surface area contributed by atoms with Gasteiger partial charge in [-0.25, -0.2) is 0 Å². The molecule has 1 aliphatic rings. The third-order valence-corrected chi connectivity index (χ3v) is 5.92. The van der Waals surface area contributed by atoms with Gasteiger partial charge in [-0.2, -0.15) is 11.8 Å². The molecule has 0 unspecified atom stereocenters. The highest BCUT2D eigenvalue weighted by atomic mass is 32.2. The first kappa shape index (κ1) is 22.0. The first-order chi connectivity index (χ1) is 14.6. The molecular formula is C23H29N3O3S. The van der Waals surface area contributed by atoms with Crippen LogP contribution in [0.2, 0.25) is 0 Å². The van der Waals surface area contributed by atoms with Gasteiger partial charge in [0.25, 0.3) is 5.91 Å². The molecule has 0 aromatic heterocycles. The maximum absolute atomic E-state index is 13.2. The quantitative estimate of drug-likeness (QED) is 0.702. The standard InChI is InChI=1S/C23H29N3O3S/c1-29-20-10-8-19(9-11-20)25-13-15-26(16-14-25)23(28)21(12-17-30-2)24-22(27)18-6-4-3-5-7-18/h3-11,21H,12-17H2,1-2H3,(H,24,27)/t21-/m0/s1. The van der Waals surface area contributed by atoms with Gasteiger partial charge in [-0.05, 0) is 54.8 Å². The molecule has 7 heteroatoms. The minimum absolute atomic E-state index is 0.00251. The van der Waals surface area contributed by atoms with Crippen molar-refractivity contribution in [3.8, 4) is 5.75 Å². The Balaban J connectivity index is 1.60. The Labute approximate surface area is 182 Å². The van der Waals surface area contributed by atoms with Crippen LogP contribution in [0.1, 0.15) is 16.8 Å². The van der Waals surface area contributed by atoms with Crippen LogP contribution in [0.4, 0.5) is 5.69 Å². The molecule has 1 fully saturated rings. The third kappa shape index (κ3) is 5.69. The van der Waals surface area contributed by atoms with Gasteiger partial charge in [-0.1, -0.05) is 18.2 Å². The average Bonchev–Trinajstić information content (AvgIpc) is 2.82. The van der Waals surface area contributed by atoms with E-state index in [0.717, 1.165) is 30.3 Å². The van der Waals surface area contributed by atoms with Gasteiger partial charge in [0.2, 0.25) is 5.91 Å². The predicted octanol–water partition coefficient (Wildman–Crippen LogP) is 2.90. The van der Waals surface area contributed by atoms with E-state index >= 15 is 0 Å². The van der Waals surface area contributed by atoms with Gasteiger partial charge in [0.05, 0.1) is 7.11 Å². The van der Waals surface area contributed by atoms with Gasteiger partial charge >= 0.3 is 0 Å². The number of anilines is 1. The van der Waals surface area contributed by atoms with Crippen LogP contribution in [-0.4, -0.2) is 68.1 Å². The molecule has 1 saturated heterocycles. The number of carbonyl (C=O) groups excluding carboxylic acids is 2. The van der Waals surface area contributed by atoms with Gasteiger partial charge in [0.1, 0.15) is 11.8 Å². The van der Waals surface area contributed by atoms with Crippen molar-refractivity contribution in [1.29, 1.82) is 0 Å². The molecule has 30 heavy (non-hydrogen) atoms. The van der Waals surface area contributed by atoms with Crippen molar-refractivity contribution in [2.45, 2.75) is 12.5 Å². The van der Waals surface area contributed by atoms with Crippen molar-refractivity contribution in [3.05, 3.63) is 60.2 Å². The number of methoxy groups -OCH3 is 1. The smallest absolute Gasteiger partial charge is 0.251 e. The summed E-state index contributed by atoms with van der Waals surface area (Å²) < 4.78 is 5.22. The molecule has 0 aliphatic carbocycles. The van der Waals surface area contributed by atoms with Crippen LogP contribution in [0.15, 0.2) is 54.6 Å². The summed E-state index contributed by atoms with van der Waals surface area (Å²) in [5.74, 6) is 1.45. The van der Waals surface area contributed by atoms with Gasteiger partial charge in [-0.15, -0.1) is 0 Å². The molecule has 0 bridgehead atoms. The Kier molecular flexibility index (Phi) is 8.02. The summed E-state index contributed by atoms with van der Waals surface area (Å²) >= 11 is 1.68. The lowest BCUT2D eigenvalue weighted by Gasteiger charge is -2.37. The minimum Gasteiger partial charge on any atom is -0.497 e. The zero-order valence-corrected chi connectivity index (χ0v) is 18.4. The third-order valence-electron chi connectivity index (χ3n) is 5.28. The number of hydrogen-bond acceptors (Lipinski definition) is 5. The number of piperazine rings is 1. The van der Waals surface area contributed by atoms with E-state index < -0.39 is 6.04 Å². The average molecular weight is 428 g/mol. The number of rotatable bonds is 8. The second-order valence-corrected chi connectivity index (χ2v) is 8.17. The van der Waals surface area contributed by atoms with Crippen LogP contribution in [0.25, 0.3) is 0 Å². The highest BCUT2D eigenvalue weighted by molar-refractivity contribution is 7.98. The maximum Gasteiger partial charge on any atom is 0.251 e. The summed E-state index contributed by atoms with van der Waals surface area (Å²) in [5, 5.41) is 2.95. The van der Waals surface area contributed by atoms with E-state index in [0.29, 0.717) is 25.1 Å². The fourth-order valence-corrected chi connectivity index (χ4v) is 3.99. The lowest BCUT2D eigenvalue weighted by atomic mass is 10.1. The second kappa shape index (κ2) is 10.9. The fraction of sp³-hybridized carbons (Fsp3) is 0.391. The summed E-state index contributed by atoms with van der Waals surface area (Å²) in [7, 11) is 1.66. The van der Waals surface area contributed by atoms with Crippen molar-refractivity contribution in [1.82, 2.24) is 10.2 Å². The summed E-state index contributed by atoms with van der Waals surface area (Å²) in [6, 6.07) is 16.5. The van der Waals surface area contributed by atoms with E-state index in [1.807, 2.05) is 53.6 Å². The molecule has 1 N–H and O–H groups in total. The zero-order valence-electron chi connectivity index (χ0n) is 17.5. The lowest BCUT2D eigenvalue weighted by Crippen LogP contribution is -2.55. The van der Waals surface area contributed by atoms with Crippen LogP contribution in [0.3, 0.4) is 0 Å². The highest BCUT2D eigenvalue weighted by Gasteiger charge is 2.28. The molecule has 0 spiro atoms. The number of amides is 2. The molecule has 0 saturated carbocycles. The summed E-state index contributed by atoms with van der Waals surface area (Å²) in [6.07, 6.45) is 2.63. The number of ether oxygens (including phenoxy) is 1. The Bertz CT molecular complexity index is 821. The Morgan fingerprint density at radius 1 is 1.03 bits per heavy atom. The van der Waals surface area contributed by atoms with Crippen LogP contribution in [0.5, 0.6) is 5.75 Å². The van der Waals surface area contributed by atoms with E-state index in [4.69, 9.17) is 4.74 Å². The van der Waals surface area contributed by atoms with E-state index in [-0.39, 0.29) is 11.8 Å². The normalized spacial score (nSPS) is 14.9. The molecule has 3 rings (SSSR count). The zero-order chi connectivity index (χ0) is 21.3. The molecule has 1 atom stereocenters. The number of nitrogens with one attached hydrogen (secondary N) is 1. The van der Waals surface area contributed by atoms with Crippen LogP contribution < -0.4 is 15.0 Å². The molecule has 6 nitrogen and oxygen atoms in total. The molecular weight excluding hydrogens is 398 g/mol. The Hall–Kier alpha value is -2.67. The van der Waals surface area contributed by atoms with E-state index in [1.165, 1.54) is 0 Å². The van der Waals surface area contributed by atoms with E-state index in [2.05, 4.69) is 10.2 Å². The van der Waals surface area contributed by atoms with Crippen molar-refractivity contribution in [2.24, 2.45) is 0 Å². The van der Waals surface area contributed by atoms with Gasteiger partial charge in [0.15, 0.2) is 0 Å². The molecule has 2 aromatic rings. The van der Waals surface area contributed by atoms with Crippen LogP contribution >= 0.6 is 11.8 Å². The van der Waals surface area contributed by atoms with Crippen molar-refractivity contribution >= 4 is 29.3 Å². The number of thioether (sulfide) groups is 1. The SMILES string of the molecule is COc1ccc(N2CCN(C(=O)[C@H](CCSC)NC(=O)c3ccccc3)CC2)cc1. The van der Waals surface area contributed by atoms with Gasteiger partial charge in [-0.3, -0.25) is 9.59 Å². The molecule has 1 heterocycles. The monoisotopic (exact) mass is 427 g/mol. The largest absolute Gasteiger partial charge is 0.497 e. The van der Waals surface area contributed by atoms with Gasteiger partial charge in [0, 0.05) is 37.4 Å². The van der Waals surface area contributed by atoms with E-state index in [1.54, 1.807) is 31.0 Å². The Morgan fingerprint density at radius 3 is 2.30 bits per heavy atom. The number of hydrogen-bond donors (Lipinski definition) is 1. The summed E-state index contributed by atoms with van der Waals surface area (Å²) in [4.78, 5) is 29.9. The first-order valence-corrected chi connectivity index (χ1v) is 11.5. The summed E-state index contributed by atoms with van der Waals surface area (Å²) in [6.45, 7) is 2.81. The van der Waals surface area contributed by atoms with Crippen molar-refractivity contribution < 1.29 is 14.3 Å². The fourth-order valence-electron chi connectivity index (χ4n) is 3.52. The topological polar surface area (TPSA) is 61.9 Å². The molecule has 2 aromatic carbocycles. The molecule has 160 valence electrons. The van der Waals surface area contributed by atoms with Crippen LogP contribution in [-0.2, 0) is 4.79 Å². The van der Waals surface area contributed by atoms with Crippen LogP contribution in [0, 0.1) is 0 Å². The predicted molar refractivity (Wildman–Crippen MR) is 122 cm³/mol. The second-order valence-electron chi connectivity index (χ2n) is 7.18. The molecule has 1 aliphatic heterocycles. The lowest BCUT2D eigenvalue weighted by molar-refractivity contribution is -0.133. The minimum atomic E-state index is -0.502. The van der Waals surface area contributed by atoms with E-state index in [9.17, 15) is 9.59 Å². The maximum atomic E-state index is 13.2. The van der Waals surface area contributed by atoms with Gasteiger partial charge < -0.3 is 19.9 Å². The van der Waals surface area contributed by atoms with Crippen molar-refractivity contribution in [3.63, 3.8) is 0 Å². The number of benzene rings is 2. The van der Waals surface area contributed by atoms with Crippen molar-refractivity contribution in [2.75, 3.05) is 50.2 Å². The highest BCUT2D eigenvalue weighted by Crippen LogP contribution is 2.21. The first-order valence-electron chi connectivity index (χ1n) is 10.1. The summed E-state index contributed by atoms with van der Waals surface area (Å²) in [5.41, 5.74) is 1.70. The number of carbonyl (C=O) groups is 2. The molecule has 2 amide bonds. The Morgan fingerprint density at radius 2 is 1.70 bits per heavy atom. The molecule has 0 radical (unpaired) electrons.